The fourth-order valence-corrected chi connectivity index (χ4v) is 8.77. The van der Waals surface area contributed by atoms with E-state index in [1.165, 1.54) is 68.1 Å². The van der Waals surface area contributed by atoms with Gasteiger partial charge in [0, 0.05) is 108 Å². The van der Waals surface area contributed by atoms with Crippen LogP contribution < -0.4 is 56.5 Å². The van der Waals surface area contributed by atoms with Gasteiger partial charge in [0.25, 0.3) is 0 Å². The van der Waals surface area contributed by atoms with Crippen molar-refractivity contribution in [2.45, 2.75) is 80.3 Å². The van der Waals surface area contributed by atoms with Crippen LogP contribution in [0.5, 0.6) is 0 Å². The number of carbonyl (C=O) groups is 1. The minimum absolute atomic E-state index is 0. The summed E-state index contributed by atoms with van der Waals surface area (Å²) in [6, 6.07) is 0. The van der Waals surface area contributed by atoms with Crippen LogP contribution in [0, 0.1) is 0 Å². The Kier molecular flexibility index (Phi) is 92.7. The predicted octanol–water partition coefficient (Wildman–Crippen LogP) is 0.797. The first-order valence-corrected chi connectivity index (χ1v) is 18.9. The maximum Gasteiger partial charge on any atom is 1.00 e. The molecular weight excluding hydrogens is 580 g/mol. The molecule has 0 aromatic carbocycles. The number of unbranched alkanes of at least 4 members (excludes halogenated alkanes) is 3. The molecule has 0 aromatic heterocycles. The van der Waals surface area contributed by atoms with Gasteiger partial charge in [-0.2, -0.15) is 0 Å². The molecule has 0 heterocycles. The molecule has 14 heteroatoms. The second-order valence-corrected chi connectivity index (χ2v) is 16.9. The molecule has 0 N–H and O–H groups in total. The topological polar surface area (TPSA) is 40.1 Å². The molecule has 164 valence electrons. The van der Waals surface area contributed by atoms with Crippen molar-refractivity contribution in [2.75, 3.05) is 0 Å². The van der Waals surface area contributed by atoms with E-state index in [2.05, 4.69) is 58.6 Å². The Morgan fingerprint density at radius 1 is 0.852 bits per heavy atom. The third kappa shape index (κ3) is 167. The maximum absolute atomic E-state index is 10.1. The molecule has 0 saturated carbocycles. The molecule has 2 nitrogen and oxygen atoms in total. The zero-order valence-corrected chi connectivity index (χ0v) is 28.3. The zero-order chi connectivity index (χ0) is 21.0. The van der Waals surface area contributed by atoms with Gasteiger partial charge in [0.15, 0.2) is 0 Å². The smallest absolute Gasteiger partial charge is 0.850 e. The van der Waals surface area contributed by atoms with Crippen LogP contribution in [-0.4, -0.2) is 11.9 Å². The van der Waals surface area contributed by atoms with Crippen molar-refractivity contribution in [3.8, 4) is 0 Å². The molecule has 0 atom stereocenters. The van der Waals surface area contributed by atoms with E-state index in [0.29, 0.717) is 0 Å². The molecule has 27 heavy (non-hydrogen) atoms. The molecule has 0 spiro atoms. The van der Waals surface area contributed by atoms with E-state index in [1.54, 1.807) is 47.4 Å². The van der Waals surface area contributed by atoms with E-state index in [-0.39, 0.29) is 60.2 Å². The molecule has 0 amide bonds. The second-order valence-electron chi connectivity index (χ2n) is 4.53. The van der Waals surface area contributed by atoms with Crippen molar-refractivity contribution < 1.29 is 62.7 Å². The van der Waals surface area contributed by atoms with Gasteiger partial charge in [-0.25, -0.2) is 0 Å². The normalized spacial score (nSPS) is 7.07. The number of aldehydes is 1. The molecular formula is C13H33KO2S11. The second kappa shape index (κ2) is 51.9. The average Bonchev–Trinajstić information content (AvgIpc) is 2.53. The minimum Gasteiger partial charge on any atom is -0.850 e. The molecule has 0 unspecified atom stereocenters. The number of carbonyl (C=O) groups excluding carboxylic acids is 1. The quantitative estimate of drug-likeness (QED) is 0.267. The Morgan fingerprint density at radius 2 is 1.07 bits per heavy atom. The molecule has 0 saturated heterocycles. The summed E-state index contributed by atoms with van der Waals surface area (Å²) >= 11 is 17.8. The van der Waals surface area contributed by atoms with E-state index < -0.39 is 5.60 Å². The molecule has 0 bridgehead atoms. The van der Waals surface area contributed by atoms with E-state index >= 15 is 0 Å². The van der Waals surface area contributed by atoms with Gasteiger partial charge >= 0.3 is 51.4 Å². The van der Waals surface area contributed by atoms with E-state index in [4.69, 9.17) is 4.79 Å². The summed E-state index contributed by atoms with van der Waals surface area (Å²) in [6.07, 6.45) is 6.29. The Morgan fingerprint density at radius 3 is 1.19 bits per heavy atom. The number of hydrogen-bond acceptors (Lipinski definition) is 6. The Balaban J connectivity index is -0.0000000297. The van der Waals surface area contributed by atoms with Crippen molar-refractivity contribution in [1.29, 1.82) is 0 Å². The Labute approximate surface area is 251 Å². The van der Waals surface area contributed by atoms with Gasteiger partial charge in [0.05, 0.1) is 0 Å². The summed E-state index contributed by atoms with van der Waals surface area (Å²) in [6.45, 7) is 10.8. The van der Waals surface area contributed by atoms with Crippen LogP contribution in [0.2, 0.25) is 0 Å². The Bertz CT molecular complexity index is 501. The summed E-state index contributed by atoms with van der Waals surface area (Å²) in [5.41, 5.74) is -0.750. The molecule has 0 fully saturated rings. The largest absolute Gasteiger partial charge is 1.00 e. The third-order valence-corrected chi connectivity index (χ3v) is 12.2. The first-order valence-electron chi connectivity index (χ1n) is 6.93. The van der Waals surface area contributed by atoms with Crippen LogP contribution in [0.25, 0.3) is 0 Å². The van der Waals surface area contributed by atoms with Crippen LogP contribution in [0.1, 0.15) is 76.1 Å². The first kappa shape index (κ1) is 48.2. The number of rotatable bonds is 3. The SMILES string of the molecule is C.CC(C)(C)[O-].CC=O.CCCCCC.S=S=S=S.S=S=S=S=S=S=S.[HH].[K+]. The Hall–Kier alpha value is 3.69. The summed E-state index contributed by atoms with van der Waals surface area (Å²) in [4.78, 5) is 8.81. The minimum atomic E-state index is -0.750. The van der Waals surface area contributed by atoms with Crippen molar-refractivity contribution in [2.24, 2.45) is 0 Å². The molecule has 0 aliphatic carbocycles. The molecule has 0 radical (unpaired) electrons. The van der Waals surface area contributed by atoms with Crippen LogP contribution in [0.15, 0.2) is 0 Å². The van der Waals surface area contributed by atoms with Gasteiger partial charge in [0.2, 0.25) is 0 Å². The summed E-state index contributed by atoms with van der Waals surface area (Å²) in [5, 5.41) is 10.1. The number of hydrogen-bond donors (Lipinski definition) is 0. The third-order valence-electron chi connectivity index (χ3n) is 1.10. The predicted molar refractivity (Wildman–Crippen MR) is 151 cm³/mol. The van der Waals surface area contributed by atoms with Crippen molar-refractivity contribution in [3.05, 3.63) is 0 Å². The first-order chi connectivity index (χ1) is 11.7. The van der Waals surface area contributed by atoms with E-state index in [9.17, 15) is 5.11 Å². The molecule has 0 aliphatic rings. The van der Waals surface area contributed by atoms with Crippen molar-refractivity contribution in [3.63, 3.8) is 0 Å². The summed E-state index contributed by atoms with van der Waals surface area (Å²) < 4.78 is 0. The van der Waals surface area contributed by atoms with Crippen molar-refractivity contribution in [1.82, 2.24) is 0 Å². The van der Waals surface area contributed by atoms with Gasteiger partial charge < -0.3 is 9.90 Å². The van der Waals surface area contributed by atoms with Crippen LogP contribution in [0.3, 0.4) is 0 Å². The standard InChI is InChI=1S/C6H14.C4H9O.C2H4O.CH4.K.S7.S4.H2/c1-3-5-6-4-2;1-4(2,3)5;1-2-3;;;1-3-5-7-6-4-2;1-3-4-2;/h3-6H2,1-2H3;1-3H3;2H,1H3;1H4;;;;1H/q;-1;;;+1;;;. The summed E-state index contributed by atoms with van der Waals surface area (Å²) in [7, 11) is 9.71. The van der Waals surface area contributed by atoms with Crippen LogP contribution in [0.4, 0.5) is 0 Å². The monoisotopic (exact) mass is 612 g/mol. The van der Waals surface area contributed by atoms with E-state index in [0.717, 1.165) is 6.29 Å². The fourth-order valence-electron chi connectivity index (χ4n) is 0.534. The van der Waals surface area contributed by atoms with Crippen molar-refractivity contribution >= 4 is 113 Å². The zero-order valence-electron chi connectivity index (χ0n) is 16.2. The van der Waals surface area contributed by atoms with Crippen LogP contribution >= 0.6 is 0 Å². The molecule has 0 aromatic rings. The fraction of sp³-hybridized carbons (Fsp3) is 0.923. The average molecular weight is 613 g/mol. The molecule has 0 rings (SSSR count). The van der Waals surface area contributed by atoms with Gasteiger partial charge in [-0.15, -0.1) is 5.60 Å². The van der Waals surface area contributed by atoms with Gasteiger partial charge in [-0.1, -0.05) is 67.7 Å². The van der Waals surface area contributed by atoms with Gasteiger partial charge in [-0.05, 0) is 6.92 Å². The molecule has 0 aliphatic heterocycles. The van der Waals surface area contributed by atoms with Crippen LogP contribution in [-0.2, 0) is 112 Å². The van der Waals surface area contributed by atoms with E-state index in [1.807, 2.05) is 0 Å². The maximum atomic E-state index is 10.1. The summed E-state index contributed by atoms with van der Waals surface area (Å²) in [5.74, 6) is 0. The van der Waals surface area contributed by atoms with Gasteiger partial charge in [-0.3, -0.25) is 0 Å². The van der Waals surface area contributed by atoms with Gasteiger partial charge in [0.1, 0.15) is 6.29 Å².